The molecule has 2 saturated heterocycles. The van der Waals surface area contributed by atoms with Gasteiger partial charge in [-0.25, -0.2) is 0 Å². The van der Waals surface area contributed by atoms with E-state index < -0.39 is 31.6 Å². The van der Waals surface area contributed by atoms with Gasteiger partial charge in [-0.2, -0.15) is 0 Å². The molecule has 0 bridgehead atoms. The Labute approximate surface area is 314 Å². The Kier molecular flexibility index (Phi) is 8.96. The fourth-order valence-corrected chi connectivity index (χ4v) is 11.7. The highest BCUT2D eigenvalue weighted by molar-refractivity contribution is 6.72. The van der Waals surface area contributed by atoms with E-state index in [1.807, 2.05) is 61.5 Å². The first-order valence-electron chi connectivity index (χ1n) is 18.1. The number of hydrogen-bond donors (Lipinski definition) is 1. The second-order valence-electron chi connectivity index (χ2n) is 15.0. The molecule has 8 rings (SSSR count). The van der Waals surface area contributed by atoms with Crippen LogP contribution in [0, 0.1) is 5.92 Å². The van der Waals surface area contributed by atoms with Gasteiger partial charge in [0.15, 0.2) is 11.4 Å². The van der Waals surface area contributed by atoms with E-state index in [1.54, 1.807) is 64.2 Å². The molecule has 5 atom stereocenters. The lowest BCUT2D eigenvalue weighted by Gasteiger charge is -2.31. The third-order valence-corrected chi connectivity index (χ3v) is 14.1. The van der Waals surface area contributed by atoms with Gasteiger partial charge in [-0.3, -0.25) is 19.3 Å². The van der Waals surface area contributed by atoms with Crippen LogP contribution in [0.15, 0.2) is 91.0 Å². The van der Waals surface area contributed by atoms with Crippen molar-refractivity contribution < 1.29 is 33.1 Å². The molecule has 0 aromatic heterocycles. The lowest BCUT2D eigenvalue weighted by Crippen LogP contribution is -2.45. The molecule has 4 aliphatic heterocycles. The second-order valence-corrected chi connectivity index (χ2v) is 19.2. The van der Waals surface area contributed by atoms with Gasteiger partial charge in [0.2, 0.25) is 14.3 Å². The lowest BCUT2D eigenvalue weighted by atomic mass is 9.82. The predicted molar refractivity (Wildman–Crippen MR) is 203 cm³/mol. The monoisotopic (exact) mass is 753 g/mol. The second kappa shape index (κ2) is 13.4. The normalized spacial score (nSPS) is 25.0. The zero-order chi connectivity index (χ0) is 37.2. The number of nitrogens with zero attached hydrogens (tertiary/aromatic N) is 3. The van der Waals surface area contributed by atoms with E-state index in [4.69, 9.17) is 21.1 Å². The molecule has 12 heteroatoms. The minimum Gasteiger partial charge on any atom is -0.454 e. The molecule has 2 fully saturated rings. The van der Waals surface area contributed by atoms with Crippen molar-refractivity contribution in [2.24, 2.45) is 5.92 Å². The largest absolute Gasteiger partial charge is 0.454 e. The van der Waals surface area contributed by atoms with E-state index in [0.717, 1.165) is 12.0 Å². The van der Waals surface area contributed by atoms with Gasteiger partial charge in [0, 0.05) is 34.3 Å². The average Bonchev–Trinajstić information content (AvgIpc) is 3.77. The minimum absolute atomic E-state index is 0.0863. The number of ether oxygens (including phenoxy) is 2. The number of para-hydroxylation sites is 3. The molecule has 1 spiro atoms. The van der Waals surface area contributed by atoms with E-state index in [2.05, 4.69) is 0 Å². The van der Waals surface area contributed by atoms with Crippen LogP contribution in [0.4, 0.5) is 21.2 Å². The third-order valence-electron chi connectivity index (χ3n) is 11.4. The molecule has 0 unspecified atom stereocenters. The molecule has 53 heavy (non-hydrogen) atoms. The Hall–Kier alpha value is -4.55. The summed E-state index contributed by atoms with van der Waals surface area (Å²) in [6.07, 6.45) is 0.565. The maximum atomic E-state index is 16.4. The van der Waals surface area contributed by atoms with Crippen LogP contribution < -0.4 is 14.5 Å². The van der Waals surface area contributed by atoms with E-state index in [-0.39, 0.29) is 43.3 Å². The van der Waals surface area contributed by atoms with Crippen molar-refractivity contribution in [2.75, 3.05) is 23.0 Å². The van der Waals surface area contributed by atoms with Crippen LogP contribution in [0.5, 0.6) is 11.5 Å². The molecule has 0 radical (unpaired) electrons. The van der Waals surface area contributed by atoms with Crippen LogP contribution in [0.2, 0.25) is 23.7 Å². The Bertz CT molecular complexity index is 2130. The highest BCUT2D eigenvalue weighted by Crippen LogP contribution is 2.60. The molecule has 4 heterocycles. The van der Waals surface area contributed by atoms with Gasteiger partial charge in [-0.05, 0) is 86.1 Å². The Balaban J connectivity index is 1.15. The van der Waals surface area contributed by atoms with Crippen molar-refractivity contribution in [1.82, 2.24) is 4.90 Å². The van der Waals surface area contributed by atoms with Crippen LogP contribution in [-0.4, -0.2) is 61.4 Å². The Morgan fingerprint density at radius 1 is 0.981 bits per heavy atom. The highest BCUT2D eigenvalue weighted by atomic mass is 35.5. The number of aliphatic hydroxyl groups is 1. The van der Waals surface area contributed by atoms with E-state index in [9.17, 15) is 19.5 Å². The molecule has 4 aliphatic rings. The quantitative estimate of drug-likeness (QED) is 0.151. The molecule has 9 nitrogen and oxygen atoms in total. The number of aliphatic hydroxyl groups excluding tert-OH is 1. The van der Waals surface area contributed by atoms with Crippen molar-refractivity contribution >= 4 is 54.8 Å². The Morgan fingerprint density at radius 3 is 2.51 bits per heavy atom. The highest BCUT2D eigenvalue weighted by Gasteiger charge is 2.67. The molecule has 4 aromatic rings. The molecular formula is C41H41ClFN3O6Si. The molecule has 3 amide bonds. The summed E-state index contributed by atoms with van der Waals surface area (Å²) in [5, 5.41) is 10.3. The first-order valence-corrected chi connectivity index (χ1v) is 21.4. The molecule has 1 N–H and O–H groups in total. The molecule has 0 aliphatic carbocycles. The number of carbonyl (C=O) groups excluding carboxylic acids is 3. The molecule has 4 aromatic carbocycles. The molecular weight excluding hydrogens is 713 g/mol. The minimum atomic E-state index is -3.52. The van der Waals surface area contributed by atoms with Gasteiger partial charge in [-0.1, -0.05) is 54.9 Å². The summed E-state index contributed by atoms with van der Waals surface area (Å²) < 4.78 is 29.4. The van der Waals surface area contributed by atoms with Gasteiger partial charge in [0.1, 0.15) is 5.75 Å². The van der Waals surface area contributed by atoms with Gasteiger partial charge < -0.3 is 28.5 Å². The number of fused-ring (bicyclic) bond motifs is 4. The predicted octanol–water partition coefficient (Wildman–Crippen LogP) is 8.12. The van der Waals surface area contributed by atoms with Crippen molar-refractivity contribution in [3.63, 3.8) is 0 Å². The van der Waals surface area contributed by atoms with Crippen molar-refractivity contribution in [1.29, 1.82) is 0 Å². The van der Waals surface area contributed by atoms with Crippen LogP contribution in [0.1, 0.15) is 47.7 Å². The maximum Gasteiger partial charge on any atom is 0.266 e. The Morgan fingerprint density at radius 2 is 1.74 bits per heavy atom. The number of likely N-dealkylation sites (tertiary alicyclic amines) is 1. The van der Waals surface area contributed by atoms with Gasteiger partial charge >= 0.3 is 0 Å². The smallest absolute Gasteiger partial charge is 0.266 e. The standard InChI is InChI=1S/C41H41ClFN3O6Si/c1-25-38(53(2,3)43)36(22-37(48)44-19-9-12-29(44)24-47)52-41(25)31-21-27(42)17-18-32(31)45(40(41)50)23-26-10-8-11-28(20-26)46-33-14-5-7-16-35(33)51-34-15-6-4-13-30(34)39(46)49/h4-8,10-11,13-18,20-21,25,29,36,38,47H,9,12,19,22-24H2,1-3H3/t25-,29+,36+,38-,41+/m1/s1. The zero-order valence-corrected chi connectivity index (χ0v) is 31.6. The maximum absolute atomic E-state index is 16.4. The topological polar surface area (TPSA) is 99.6 Å². The summed E-state index contributed by atoms with van der Waals surface area (Å²) in [6, 6.07) is 26.9. The van der Waals surface area contributed by atoms with E-state index in [0.29, 0.717) is 57.7 Å². The molecule has 0 saturated carbocycles. The number of halogens is 2. The van der Waals surface area contributed by atoms with Crippen LogP contribution >= 0.6 is 11.6 Å². The zero-order valence-electron chi connectivity index (χ0n) is 29.8. The van der Waals surface area contributed by atoms with Crippen LogP contribution in [0.25, 0.3) is 0 Å². The first kappa shape index (κ1) is 35.5. The number of amides is 3. The van der Waals surface area contributed by atoms with E-state index in [1.165, 1.54) is 0 Å². The average molecular weight is 754 g/mol. The molecule has 274 valence electrons. The number of rotatable bonds is 7. The summed E-state index contributed by atoms with van der Waals surface area (Å²) in [5.41, 5.74) is 1.26. The SMILES string of the molecule is C[C@@H]1[C@@H]([Si](C)(C)F)[C@H](CC(=O)N2CCC[C@H]2CO)O[C@@]12C(=O)N(Cc1cccc(N3C(=O)c4ccccc4Oc4ccccc43)c1)c1ccc(Cl)cc12. The van der Waals surface area contributed by atoms with Crippen LogP contribution in [-0.2, 0) is 26.5 Å². The first-order chi connectivity index (χ1) is 25.4. The third kappa shape index (κ3) is 5.85. The van der Waals surface area contributed by atoms with Crippen molar-refractivity contribution in [3.8, 4) is 11.5 Å². The van der Waals surface area contributed by atoms with Gasteiger partial charge in [0.25, 0.3) is 11.8 Å². The summed E-state index contributed by atoms with van der Waals surface area (Å²) in [7, 11) is -3.52. The van der Waals surface area contributed by atoms with Gasteiger partial charge in [-0.15, -0.1) is 0 Å². The number of benzene rings is 4. The fourth-order valence-electron chi connectivity index (χ4n) is 9.06. The van der Waals surface area contributed by atoms with E-state index >= 15 is 4.11 Å². The van der Waals surface area contributed by atoms with Crippen LogP contribution in [0.3, 0.4) is 0 Å². The lowest BCUT2D eigenvalue weighted by molar-refractivity contribution is -0.150. The van der Waals surface area contributed by atoms with Gasteiger partial charge in [0.05, 0.1) is 48.7 Å². The van der Waals surface area contributed by atoms with Crippen molar-refractivity contribution in [2.45, 2.75) is 69.1 Å². The number of anilines is 3. The van der Waals surface area contributed by atoms with Crippen molar-refractivity contribution in [3.05, 3.63) is 113 Å². The number of hydrogen-bond acceptors (Lipinski definition) is 6. The number of carbonyl (C=O) groups is 3. The fraction of sp³-hybridized carbons (Fsp3) is 0.341. The summed E-state index contributed by atoms with van der Waals surface area (Å²) >= 11 is 6.58. The summed E-state index contributed by atoms with van der Waals surface area (Å²) in [5.74, 6) is -0.419. The summed E-state index contributed by atoms with van der Waals surface area (Å²) in [4.78, 5) is 47.7. The summed E-state index contributed by atoms with van der Waals surface area (Å²) in [6.45, 7) is 5.58.